The van der Waals surface area contributed by atoms with Crippen molar-refractivity contribution in [2.45, 2.75) is 12.8 Å². The van der Waals surface area contributed by atoms with Crippen LogP contribution in [0.15, 0.2) is 34.9 Å². The summed E-state index contributed by atoms with van der Waals surface area (Å²) in [5.74, 6) is -0.603. The van der Waals surface area contributed by atoms with Crippen LogP contribution in [0.4, 0.5) is 5.69 Å². The fourth-order valence-electron chi connectivity index (χ4n) is 2.32. The van der Waals surface area contributed by atoms with Crippen molar-refractivity contribution in [2.75, 3.05) is 18.0 Å². The van der Waals surface area contributed by atoms with Crippen molar-refractivity contribution >= 4 is 11.7 Å². The van der Waals surface area contributed by atoms with E-state index in [9.17, 15) is 4.79 Å². The van der Waals surface area contributed by atoms with E-state index in [0.717, 1.165) is 18.7 Å². The summed E-state index contributed by atoms with van der Waals surface area (Å²) in [6.07, 6.45) is 2.48. The number of carboxylic acids is 1. The molecule has 98 valence electrons. The van der Waals surface area contributed by atoms with Crippen LogP contribution in [0.5, 0.6) is 0 Å². The van der Waals surface area contributed by atoms with Gasteiger partial charge in [0.2, 0.25) is 0 Å². The molecule has 0 radical (unpaired) electrons. The van der Waals surface area contributed by atoms with Crippen LogP contribution >= 0.6 is 0 Å². The molecule has 0 atom stereocenters. The number of nitrogens with zero attached hydrogens (tertiary/aromatic N) is 2. The predicted octanol–water partition coefficient (Wildman–Crippen LogP) is 2.64. The van der Waals surface area contributed by atoms with Crippen LogP contribution in [0, 0.1) is 0 Å². The standard InChI is InChI=1S/C14H14N2O3/c17-14(18)12-9-13(19-15-12)10-3-5-11(6-4-10)16-7-1-2-8-16/h3-6,9H,1-2,7-8H2,(H,17,18). The quantitative estimate of drug-likeness (QED) is 0.916. The minimum absolute atomic E-state index is 0.0707. The second-order valence-electron chi connectivity index (χ2n) is 4.62. The Morgan fingerprint density at radius 2 is 1.89 bits per heavy atom. The van der Waals surface area contributed by atoms with Gasteiger partial charge < -0.3 is 14.5 Å². The number of carbonyl (C=O) groups is 1. The van der Waals surface area contributed by atoms with Gasteiger partial charge in [-0.15, -0.1) is 0 Å². The fraction of sp³-hybridized carbons (Fsp3) is 0.286. The minimum atomic E-state index is -1.08. The van der Waals surface area contributed by atoms with E-state index in [1.165, 1.54) is 24.6 Å². The first kappa shape index (κ1) is 11.8. The number of hydrogen-bond donors (Lipinski definition) is 1. The largest absolute Gasteiger partial charge is 0.476 e. The number of aromatic nitrogens is 1. The summed E-state index contributed by atoms with van der Waals surface area (Å²) < 4.78 is 5.03. The second kappa shape index (κ2) is 4.76. The third-order valence-electron chi connectivity index (χ3n) is 3.35. The molecular weight excluding hydrogens is 244 g/mol. The number of rotatable bonds is 3. The molecule has 1 aromatic heterocycles. The molecule has 1 fully saturated rings. The van der Waals surface area contributed by atoms with Gasteiger partial charge in [0.15, 0.2) is 11.5 Å². The zero-order chi connectivity index (χ0) is 13.2. The Kier molecular flexibility index (Phi) is 2.95. The van der Waals surface area contributed by atoms with Crippen LogP contribution in [0.1, 0.15) is 23.3 Å². The van der Waals surface area contributed by atoms with Gasteiger partial charge in [-0.3, -0.25) is 0 Å². The van der Waals surface area contributed by atoms with E-state index in [4.69, 9.17) is 9.63 Å². The Hall–Kier alpha value is -2.30. The molecule has 0 amide bonds. The lowest BCUT2D eigenvalue weighted by atomic mass is 10.1. The van der Waals surface area contributed by atoms with Crippen LogP contribution < -0.4 is 4.90 Å². The number of carboxylic acid groups (broad SMARTS) is 1. The maximum absolute atomic E-state index is 10.7. The second-order valence-corrected chi connectivity index (χ2v) is 4.62. The topological polar surface area (TPSA) is 66.6 Å². The van der Waals surface area contributed by atoms with Gasteiger partial charge in [0.25, 0.3) is 0 Å². The van der Waals surface area contributed by atoms with Gasteiger partial charge in [-0.1, -0.05) is 5.16 Å². The maximum atomic E-state index is 10.7. The number of benzene rings is 1. The Balaban J connectivity index is 1.82. The first-order valence-electron chi connectivity index (χ1n) is 6.29. The molecule has 1 aromatic carbocycles. The molecule has 5 heteroatoms. The average Bonchev–Trinajstić information content (AvgIpc) is 3.11. The van der Waals surface area contributed by atoms with Gasteiger partial charge >= 0.3 is 5.97 Å². The number of hydrogen-bond acceptors (Lipinski definition) is 4. The third kappa shape index (κ3) is 2.31. The molecule has 19 heavy (non-hydrogen) atoms. The van der Waals surface area contributed by atoms with Gasteiger partial charge in [0.05, 0.1) is 0 Å². The Labute approximate surface area is 110 Å². The van der Waals surface area contributed by atoms with Gasteiger partial charge in [-0.2, -0.15) is 0 Å². The lowest BCUT2D eigenvalue weighted by molar-refractivity contribution is 0.0686. The SMILES string of the molecule is O=C(O)c1cc(-c2ccc(N3CCCC3)cc2)on1. The van der Waals surface area contributed by atoms with E-state index in [1.54, 1.807) is 0 Å². The van der Waals surface area contributed by atoms with Crippen molar-refractivity contribution in [1.29, 1.82) is 0 Å². The van der Waals surface area contributed by atoms with Gasteiger partial charge in [0, 0.05) is 30.4 Å². The summed E-state index contributed by atoms with van der Waals surface area (Å²) in [6, 6.07) is 9.36. The van der Waals surface area contributed by atoms with Gasteiger partial charge in [-0.05, 0) is 37.1 Å². The smallest absolute Gasteiger partial charge is 0.358 e. The molecule has 0 saturated carbocycles. The molecule has 2 aromatic rings. The fourth-order valence-corrected chi connectivity index (χ4v) is 2.32. The van der Waals surface area contributed by atoms with Crippen molar-refractivity contribution in [3.63, 3.8) is 0 Å². The van der Waals surface area contributed by atoms with Crippen molar-refractivity contribution in [1.82, 2.24) is 5.16 Å². The molecule has 3 rings (SSSR count). The Morgan fingerprint density at radius 3 is 2.47 bits per heavy atom. The summed E-state index contributed by atoms with van der Waals surface area (Å²) in [7, 11) is 0. The van der Waals surface area contributed by atoms with E-state index < -0.39 is 5.97 Å². The zero-order valence-corrected chi connectivity index (χ0v) is 10.4. The predicted molar refractivity (Wildman–Crippen MR) is 70.3 cm³/mol. The van der Waals surface area contributed by atoms with Crippen LogP contribution in [-0.4, -0.2) is 29.3 Å². The van der Waals surface area contributed by atoms with Crippen molar-refractivity contribution in [3.05, 3.63) is 36.0 Å². The van der Waals surface area contributed by atoms with Crippen LogP contribution in [-0.2, 0) is 0 Å². The average molecular weight is 258 g/mol. The lowest BCUT2D eigenvalue weighted by Crippen LogP contribution is -2.17. The van der Waals surface area contributed by atoms with Crippen molar-refractivity contribution < 1.29 is 14.4 Å². The molecule has 1 aliphatic rings. The Morgan fingerprint density at radius 1 is 1.21 bits per heavy atom. The zero-order valence-electron chi connectivity index (χ0n) is 10.4. The number of aromatic carboxylic acids is 1. The van der Waals surface area contributed by atoms with E-state index >= 15 is 0 Å². The van der Waals surface area contributed by atoms with Crippen LogP contribution in [0.2, 0.25) is 0 Å². The summed E-state index contributed by atoms with van der Waals surface area (Å²) in [4.78, 5) is 13.1. The van der Waals surface area contributed by atoms with Crippen LogP contribution in [0.3, 0.4) is 0 Å². The van der Waals surface area contributed by atoms with Crippen molar-refractivity contribution in [3.8, 4) is 11.3 Å². The molecule has 0 spiro atoms. The first-order valence-corrected chi connectivity index (χ1v) is 6.29. The van der Waals surface area contributed by atoms with Gasteiger partial charge in [-0.25, -0.2) is 4.79 Å². The summed E-state index contributed by atoms with van der Waals surface area (Å²) in [5.41, 5.74) is 1.96. The van der Waals surface area contributed by atoms with Gasteiger partial charge in [0.1, 0.15) is 0 Å². The minimum Gasteiger partial charge on any atom is -0.476 e. The molecule has 0 bridgehead atoms. The first-order chi connectivity index (χ1) is 9.24. The monoisotopic (exact) mass is 258 g/mol. The molecule has 1 N–H and O–H groups in total. The highest BCUT2D eigenvalue weighted by Crippen LogP contribution is 2.25. The molecule has 0 unspecified atom stereocenters. The van der Waals surface area contributed by atoms with E-state index in [1.807, 2.05) is 24.3 Å². The molecule has 2 heterocycles. The van der Waals surface area contributed by atoms with Crippen LogP contribution in [0.25, 0.3) is 11.3 Å². The highest BCUT2D eigenvalue weighted by Gasteiger charge is 2.14. The Bertz CT molecular complexity index is 583. The third-order valence-corrected chi connectivity index (χ3v) is 3.35. The van der Waals surface area contributed by atoms with E-state index in [0.29, 0.717) is 5.76 Å². The summed E-state index contributed by atoms with van der Waals surface area (Å²) in [5, 5.41) is 12.3. The van der Waals surface area contributed by atoms with E-state index in [2.05, 4.69) is 10.1 Å². The number of anilines is 1. The molecule has 1 aliphatic heterocycles. The highest BCUT2D eigenvalue weighted by molar-refractivity contribution is 5.86. The molecular formula is C14H14N2O3. The molecule has 0 aliphatic carbocycles. The van der Waals surface area contributed by atoms with Crippen molar-refractivity contribution in [2.24, 2.45) is 0 Å². The lowest BCUT2D eigenvalue weighted by Gasteiger charge is -2.17. The normalized spacial score (nSPS) is 14.8. The molecule has 5 nitrogen and oxygen atoms in total. The summed E-state index contributed by atoms with van der Waals surface area (Å²) >= 11 is 0. The highest BCUT2D eigenvalue weighted by atomic mass is 16.5. The molecule has 1 saturated heterocycles. The van der Waals surface area contributed by atoms with E-state index in [-0.39, 0.29) is 5.69 Å². The maximum Gasteiger partial charge on any atom is 0.358 e. The summed E-state index contributed by atoms with van der Waals surface area (Å²) in [6.45, 7) is 2.20.